The summed E-state index contributed by atoms with van der Waals surface area (Å²) in [6.07, 6.45) is 6.74. The highest BCUT2D eigenvalue weighted by molar-refractivity contribution is 5.67. The second-order valence-electron chi connectivity index (χ2n) is 2.45. The molecule has 0 N–H and O–H groups in total. The Morgan fingerprint density at radius 3 is 2.70 bits per heavy atom. The van der Waals surface area contributed by atoms with Crippen molar-refractivity contribution in [2.24, 2.45) is 0 Å². The van der Waals surface area contributed by atoms with Crippen molar-refractivity contribution >= 4 is 6.29 Å². The predicted octanol–water partition coefficient (Wildman–Crippen LogP) is 1.47. The van der Waals surface area contributed by atoms with Crippen LogP contribution in [0.4, 0.5) is 0 Å². The first-order chi connectivity index (χ1) is 4.83. The van der Waals surface area contributed by atoms with E-state index in [0.717, 1.165) is 25.5 Å². The number of hydrogen-bond donors (Lipinski definition) is 0. The van der Waals surface area contributed by atoms with Crippen LogP contribution in [0.1, 0.15) is 19.3 Å². The third-order valence-corrected chi connectivity index (χ3v) is 1.65. The molecule has 10 heavy (non-hydrogen) atoms. The number of carbonyl (C=O) groups excluding carboxylic acids is 1. The minimum atomic E-state index is -0.586. The van der Waals surface area contributed by atoms with E-state index in [-0.39, 0.29) is 0 Å². The Balaban J connectivity index is 2.35. The monoisotopic (exact) mass is 139 g/mol. The largest absolute Gasteiger partial charge is 0.483 e. The van der Waals surface area contributed by atoms with Gasteiger partial charge in [-0.05, 0) is 12.8 Å². The van der Waals surface area contributed by atoms with Crippen molar-refractivity contribution in [3.8, 4) is 0 Å². The molecule has 1 unspecified atom stereocenters. The van der Waals surface area contributed by atoms with E-state index in [9.17, 15) is 4.79 Å². The van der Waals surface area contributed by atoms with Gasteiger partial charge in [-0.2, -0.15) is 0 Å². The van der Waals surface area contributed by atoms with Crippen molar-refractivity contribution in [1.82, 2.24) is 0 Å². The summed E-state index contributed by atoms with van der Waals surface area (Å²) in [4.78, 5) is 10.4. The van der Waals surface area contributed by atoms with Gasteiger partial charge in [-0.1, -0.05) is 13.3 Å². The lowest BCUT2D eigenvalue weighted by Crippen LogP contribution is -2.35. The maximum Gasteiger partial charge on any atom is 0.184 e. The first kappa shape index (κ1) is 7.32. The molecule has 55 valence electrons. The molecule has 1 rings (SSSR count). The Kier molecular flexibility index (Phi) is 2.10. The summed E-state index contributed by atoms with van der Waals surface area (Å²) in [7, 11) is 0. The van der Waals surface area contributed by atoms with Crippen LogP contribution >= 0.6 is 0 Å². The molecule has 0 aromatic carbocycles. The molecule has 0 bridgehead atoms. The lowest BCUT2D eigenvalue weighted by molar-refractivity contribution is -0.124. The molecule has 0 aromatic heterocycles. The van der Waals surface area contributed by atoms with Crippen molar-refractivity contribution in [2.45, 2.75) is 24.9 Å². The second kappa shape index (κ2) is 2.86. The summed E-state index contributed by atoms with van der Waals surface area (Å²) in [5, 5.41) is 0. The van der Waals surface area contributed by atoms with E-state index in [1.54, 1.807) is 12.3 Å². The first-order valence-electron chi connectivity index (χ1n) is 3.44. The Bertz CT molecular complexity index is 151. The highest BCUT2D eigenvalue weighted by Crippen LogP contribution is 2.25. The molecule has 1 heterocycles. The van der Waals surface area contributed by atoms with Gasteiger partial charge < -0.3 is 4.74 Å². The third kappa shape index (κ3) is 1.20. The van der Waals surface area contributed by atoms with Gasteiger partial charge >= 0.3 is 0 Å². The van der Waals surface area contributed by atoms with Gasteiger partial charge in [0, 0.05) is 6.08 Å². The molecule has 0 spiro atoms. The lowest BCUT2D eigenvalue weighted by atomic mass is 9.96. The van der Waals surface area contributed by atoms with Crippen LogP contribution in [0, 0.1) is 6.92 Å². The first-order valence-corrected chi connectivity index (χ1v) is 3.44. The van der Waals surface area contributed by atoms with Crippen LogP contribution in [0.15, 0.2) is 12.3 Å². The zero-order valence-electron chi connectivity index (χ0n) is 5.88. The van der Waals surface area contributed by atoms with Gasteiger partial charge in [0.15, 0.2) is 11.9 Å². The van der Waals surface area contributed by atoms with Gasteiger partial charge in [-0.25, -0.2) is 0 Å². The molecule has 0 saturated heterocycles. The van der Waals surface area contributed by atoms with Crippen LogP contribution in [0.5, 0.6) is 0 Å². The van der Waals surface area contributed by atoms with E-state index in [4.69, 9.17) is 4.74 Å². The Morgan fingerprint density at radius 2 is 2.40 bits per heavy atom. The summed E-state index contributed by atoms with van der Waals surface area (Å²) < 4.78 is 4.99. The lowest BCUT2D eigenvalue weighted by Gasteiger charge is -2.30. The zero-order chi connectivity index (χ0) is 7.45. The van der Waals surface area contributed by atoms with Gasteiger partial charge in [-0.3, -0.25) is 4.79 Å². The topological polar surface area (TPSA) is 26.3 Å². The van der Waals surface area contributed by atoms with E-state index in [1.807, 2.05) is 0 Å². The molecule has 2 heteroatoms. The van der Waals surface area contributed by atoms with E-state index in [2.05, 4.69) is 6.92 Å². The van der Waals surface area contributed by atoms with E-state index >= 15 is 0 Å². The van der Waals surface area contributed by atoms with Crippen LogP contribution in [-0.2, 0) is 9.53 Å². The van der Waals surface area contributed by atoms with Crippen molar-refractivity contribution in [3.05, 3.63) is 19.3 Å². The molecule has 2 nitrogen and oxygen atoms in total. The Morgan fingerprint density at radius 1 is 1.70 bits per heavy atom. The number of ether oxygens (including phenoxy) is 1. The summed E-state index contributed by atoms with van der Waals surface area (Å²) in [6, 6.07) is 0. The minimum Gasteiger partial charge on any atom is -0.483 e. The van der Waals surface area contributed by atoms with Gasteiger partial charge in [0.25, 0.3) is 0 Å². The molecule has 1 aliphatic heterocycles. The Hall–Kier alpha value is -0.790. The summed E-state index contributed by atoms with van der Waals surface area (Å²) in [6.45, 7) is 3.69. The summed E-state index contributed by atoms with van der Waals surface area (Å²) in [5.74, 6) is 0. The highest BCUT2D eigenvalue weighted by atomic mass is 16.5. The second-order valence-corrected chi connectivity index (χ2v) is 2.45. The highest BCUT2D eigenvalue weighted by Gasteiger charge is 2.32. The molecule has 0 aromatic rings. The fraction of sp³-hybridized carbons (Fsp3) is 0.500. The van der Waals surface area contributed by atoms with Gasteiger partial charge in [0.05, 0.1) is 6.26 Å². The van der Waals surface area contributed by atoms with Crippen molar-refractivity contribution in [3.63, 3.8) is 0 Å². The third-order valence-electron chi connectivity index (χ3n) is 1.65. The van der Waals surface area contributed by atoms with Gasteiger partial charge in [-0.15, -0.1) is 0 Å². The SMILES string of the molecule is [CH2]CCCC1(C=O)C=CO1. The standard InChI is InChI=1S/C8H11O2/c1-2-3-4-8(7-9)5-6-10-8/h5-7H,1-4H2. The summed E-state index contributed by atoms with van der Waals surface area (Å²) >= 11 is 0. The van der Waals surface area contributed by atoms with Crippen LogP contribution in [0.2, 0.25) is 0 Å². The number of rotatable bonds is 4. The van der Waals surface area contributed by atoms with Crippen molar-refractivity contribution in [2.75, 3.05) is 0 Å². The smallest absolute Gasteiger partial charge is 0.184 e. The molecule has 1 atom stereocenters. The van der Waals surface area contributed by atoms with E-state index in [0.29, 0.717) is 0 Å². The molecule has 0 aliphatic carbocycles. The van der Waals surface area contributed by atoms with Crippen LogP contribution in [0.3, 0.4) is 0 Å². The van der Waals surface area contributed by atoms with Crippen molar-refractivity contribution in [1.29, 1.82) is 0 Å². The van der Waals surface area contributed by atoms with Crippen LogP contribution < -0.4 is 0 Å². The van der Waals surface area contributed by atoms with E-state index < -0.39 is 5.60 Å². The number of hydrogen-bond acceptors (Lipinski definition) is 2. The average Bonchev–Trinajstić information content (AvgIpc) is 1.87. The molecular formula is C8H11O2. The Labute approximate surface area is 60.9 Å². The van der Waals surface area contributed by atoms with Gasteiger partial charge in [0.1, 0.15) is 0 Å². The van der Waals surface area contributed by atoms with Gasteiger partial charge in [0.2, 0.25) is 0 Å². The zero-order valence-corrected chi connectivity index (χ0v) is 5.88. The molecule has 0 amide bonds. The fourth-order valence-corrected chi connectivity index (χ4v) is 0.912. The number of unbranched alkanes of at least 4 members (excludes halogenated alkanes) is 1. The molecule has 0 fully saturated rings. The minimum absolute atomic E-state index is 0.586. The van der Waals surface area contributed by atoms with Crippen LogP contribution in [0.25, 0.3) is 0 Å². The quantitative estimate of drug-likeness (QED) is 0.551. The van der Waals surface area contributed by atoms with Crippen molar-refractivity contribution < 1.29 is 9.53 Å². The fourth-order valence-electron chi connectivity index (χ4n) is 0.912. The molecule has 1 aliphatic rings. The maximum atomic E-state index is 10.4. The average molecular weight is 139 g/mol. The summed E-state index contributed by atoms with van der Waals surface area (Å²) in [5.41, 5.74) is -0.586. The number of aldehydes is 1. The predicted molar refractivity (Wildman–Crippen MR) is 38.2 cm³/mol. The molecule has 0 saturated carbocycles. The number of carbonyl (C=O) groups is 1. The van der Waals surface area contributed by atoms with E-state index in [1.165, 1.54) is 0 Å². The maximum absolute atomic E-state index is 10.4. The molecule has 1 radical (unpaired) electrons. The normalized spacial score (nSPS) is 28.9. The molecular weight excluding hydrogens is 128 g/mol. The van der Waals surface area contributed by atoms with Crippen LogP contribution in [-0.4, -0.2) is 11.9 Å².